The van der Waals surface area contributed by atoms with Gasteiger partial charge in [0.15, 0.2) is 5.65 Å². The summed E-state index contributed by atoms with van der Waals surface area (Å²) in [5.74, 6) is 0. The summed E-state index contributed by atoms with van der Waals surface area (Å²) in [6.07, 6.45) is 2.71. The Bertz CT molecular complexity index is 351. The molecule has 2 aromatic heterocycles. The quantitative estimate of drug-likeness (QED) is 0.514. The first-order valence-corrected chi connectivity index (χ1v) is 2.90. The van der Waals surface area contributed by atoms with Crippen molar-refractivity contribution in [2.24, 2.45) is 7.05 Å². The number of aromatic nitrogens is 4. The van der Waals surface area contributed by atoms with Crippen LogP contribution in [0.1, 0.15) is 0 Å². The molecule has 0 spiro atoms. The average Bonchev–Trinajstić information content (AvgIpc) is 2.34. The van der Waals surface area contributed by atoms with Crippen molar-refractivity contribution in [1.82, 2.24) is 20.0 Å². The first-order valence-electron chi connectivity index (χ1n) is 2.90. The van der Waals surface area contributed by atoms with E-state index >= 15 is 0 Å². The molecule has 0 amide bonds. The Balaban J connectivity index is 2.93. The molecular weight excluding hydrogens is 128 g/mol. The summed E-state index contributed by atoms with van der Waals surface area (Å²) in [5, 5.41) is 7.63. The molecule has 4 nitrogen and oxygen atoms in total. The second kappa shape index (κ2) is 1.76. The molecule has 0 saturated carbocycles. The molecule has 0 aliphatic rings. The fraction of sp³-hybridized carbons (Fsp3) is 0.167. The lowest BCUT2D eigenvalue weighted by Crippen LogP contribution is -1.90. The molecule has 4 heteroatoms. The van der Waals surface area contributed by atoms with E-state index in [9.17, 15) is 0 Å². The largest absolute Gasteiger partial charge is 0.230 e. The van der Waals surface area contributed by atoms with E-state index in [1.807, 2.05) is 6.07 Å². The zero-order valence-electron chi connectivity index (χ0n) is 5.44. The van der Waals surface area contributed by atoms with Crippen molar-refractivity contribution < 1.29 is 0 Å². The second-order valence-electron chi connectivity index (χ2n) is 2.00. The summed E-state index contributed by atoms with van der Waals surface area (Å²) in [4.78, 5) is 3.95. The maximum Gasteiger partial charge on any atom is 0.178 e. The highest BCUT2D eigenvalue weighted by Crippen LogP contribution is 2.02. The van der Waals surface area contributed by atoms with Crippen LogP contribution in [-0.2, 0) is 7.05 Å². The third-order valence-electron chi connectivity index (χ3n) is 1.31. The van der Waals surface area contributed by atoms with Gasteiger partial charge in [-0.3, -0.25) is 0 Å². The van der Waals surface area contributed by atoms with Crippen LogP contribution in [0.2, 0.25) is 0 Å². The van der Waals surface area contributed by atoms with E-state index in [-0.39, 0.29) is 0 Å². The zero-order valence-corrected chi connectivity index (χ0v) is 5.44. The minimum absolute atomic E-state index is 0.766. The number of aryl methyl sites for hydroxylation is 1. The van der Waals surface area contributed by atoms with Crippen LogP contribution in [0.5, 0.6) is 0 Å². The first kappa shape index (κ1) is 5.34. The monoisotopic (exact) mass is 133 g/mol. The van der Waals surface area contributed by atoms with E-state index in [4.69, 9.17) is 0 Å². The molecule has 0 saturated heterocycles. The molecule has 0 bridgehead atoms. The maximum absolute atomic E-state index is 3.95. The number of pyridine rings is 1. The van der Waals surface area contributed by atoms with Gasteiger partial charge in [-0.1, -0.05) is 5.21 Å². The first-order chi connectivity index (χ1) is 4.88. The molecule has 0 N–H and O–H groups in total. The van der Waals surface area contributed by atoms with Crippen molar-refractivity contribution in [3.05, 3.63) is 18.3 Å². The third-order valence-corrected chi connectivity index (χ3v) is 1.31. The van der Waals surface area contributed by atoms with Gasteiger partial charge in [-0.25, -0.2) is 9.67 Å². The van der Waals surface area contributed by atoms with Gasteiger partial charge < -0.3 is 0 Å². The summed E-state index contributed by atoms with van der Waals surface area (Å²) >= 11 is 0. The van der Waals surface area contributed by atoms with E-state index in [2.05, 4.69) is 21.5 Å². The fourth-order valence-corrected chi connectivity index (χ4v) is 0.820. The molecule has 0 aliphatic carbocycles. The number of nitrogens with zero attached hydrogens (tertiary/aromatic N) is 4. The Hall–Kier alpha value is -1.45. The highest BCUT2D eigenvalue weighted by Gasteiger charge is 1.97. The van der Waals surface area contributed by atoms with Crippen LogP contribution in [0.15, 0.2) is 12.1 Å². The predicted molar refractivity (Wildman–Crippen MR) is 35.1 cm³/mol. The lowest BCUT2D eigenvalue weighted by atomic mass is 10.4. The Labute approximate surface area is 57.5 Å². The molecule has 2 aromatic rings. The summed E-state index contributed by atoms with van der Waals surface area (Å²) in [7, 11) is 1.80. The van der Waals surface area contributed by atoms with Crippen LogP contribution in [-0.4, -0.2) is 20.0 Å². The Morgan fingerprint density at radius 1 is 1.60 bits per heavy atom. The van der Waals surface area contributed by atoms with Gasteiger partial charge in [-0.2, -0.15) is 0 Å². The number of rotatable bonds is 0. The van der Waals surface area contributed by atoms with Crippen LogP contribution < -0.4 is 0 Å². The van der Waals surface area contributed by atoms with E-state index in [1.54, 1.807) is 17.8 Å². The van der Waals surface area contributed by atoms with Gasteiger partial charge in [-0.05, 0) is 12.1 Å². The summed E-state index contributed by atoms with van der Waals surface area (Å²) in [6.45, 7) is 0. The van der Waals surface area contributed by atoms with Crippen molar-refractivity contribution in [2.45, 2.75) is 0 Å². The molecule has 1 radical (unpaired) electrons. The molecule has 2 rings (SSSR count). The van der Waals surface area contributed by atoms with Gasteiger partial charge in [-0.15, -0.1) is 5.10 Å². The zero-order chi connectivity index (χ0) is 6.97. The van der Waals surface area contributed by atoms with Crippen LogP contribution in [0.25, 0.3) is 11.2 Å². The van der Waals surface area contributed by atoms with Crippen LogP contribution in [0, 0.1) is 6.20 Å². The normalized spacial score (nSPS) is 10.5. The lowest BCUT2D eigenvalue weighted by molar-refractivity contribution is 0.729. The van der Waals surface area contributed by atoms with Crippen molar-refractivity contribution in [1.29, 1.82) is 0 Å². The van der Waals surface area contributed by atoms with Gasteiger partial charge in [0.25, 0.3) is 0 Å². The molecule has 0 aromatic carbocycles. The Kier molecular flexibility index (Phi) is 0.943. The van der Waals surface area contributed by atoms with E-state index in [1.165, 1.54) is 0 Å². The van der Waals surface area contributed by atoms with Crippen LogP contribution in [0.3, 0.4) is 0 Å². The molecule has 0 fully saturated rings. The Morgan fingerprint density at radius 3 is 3.30 bits per heavy atom. The molecule has 2 heterocycles. The number of hydrogen-bond donors (Lipinski definition) is 0. The van der Waals surface area contributed by atoms with Crippen molar-refractivity contribution >= 4 is 11.2 Å². The topological polar surface area (TPSA) is 43.6 Å². The highest BCUT2D eigenvalue weighted by atomic mass is 15.4. The van der Waals surface area contributed by atoms with Crippen molar-refractivity contribution in [2.75, 3.05) is 0 Å². The minimum atomic E-state index is 0.766. The second-order valence-corrected chi connectivity index (χ2v) is 2.00. The summed E-state index contributed by atoms with van der Waals surface area (Å²) < 4.78 is 1.62. The SMILES string of the molecule is Cn1nnc2cc[c]nc21. The molecule has 0 atom stereocenters. The van der Waals surface area contributed by atoms with Crippen molar-refractivity contribution in [3.63, 3.8) is 0 Å². The van der Waals surface area contributed by atoms with E-state index < -0.39 is 0 Å². The Morgan fingerprint density at radius 2 is 2.50 bits per heavy atom. The number of fused-ring (bicyclic) bond motifs is 1. The standard InChI is InChI=1S/C6H5N4/c1-10-6-5(8-9-10)3-2-4-7-6/h2-3H,1H3. The molecule has 49 valence electrons. The smallest absolute Gasteiger partial charge is 0.178 e. The van der Waals surface area contributed by atoms with Gasteiger partial charge in [0.05, 0.1) is 6.20 Å². The van der Waals surface area contributed by atoms with Gasteiger partial charge in [0, 0.05) is 7.05 Å². The van der Waals surface area contributed by atoms with Gasteiger partial charge in [0.2, 0.25) is 0 Å². The summed E-state index contributed by atoms with van der Waals surface area (Å²) in [6, 6.07) is 3.55. The van der Waals surface area contributed by atoms with Crippen LogP contribution >= 0.6 is 0 Å². The van der Waals surface area contributed by atoms with E-state index in [0.717, 1.165) is 11.2 Å². The number of hydrogen-bond acceptors (Lipinski definition) is 3. The third kappa shape index (κ3) is 0.586. The summed E-state index contributed by atoms with van der Waals surface area (Å²) in [5.41, 5.74) is 1.57. The van der Waals surface area contributed by atoms with Crippen molar-refractivity contribution in [3.8, 4) is 0 Å². The molecule has 0 unspecified atom stereocenters. The molecular formula is C6H5N4. The minimum Gasteiger partial charge on any atom is -0.230 e. The lowest BCUT2D eigenvalue weighted by Gasteiger charge is -1.85. The fourth-order valence-electron chi connectivity index (χ4n) is 0.820. The highest BCUT2D eigenvalue weighted by molar-refractivity contribution is 5.68. The van der Waals surface area contributed by atoms with Gasteiger partial charge >= 0.3 is 0 Å². The maximum atomic E-state index is 3.95. The van der Waals surface area contributed by atoms with E-state index in [0.29, 0.717) is 0 Å². The van der Waals surface area contributed by atoms with Gasteiger partial charge in [0.1, 0.15) is 5.52 Å². The van der Waals surface area contributed by atoms with Crippen LogP contribution in [0.4, 0.5) is 0 Å². The average molecular weight is 133 g/mol. The molecule has 10 heavy (non-hydrogen) atoms. The predicted octanol–water partition coefficient (Wildman–Crippen LogP) is 0.163. The molecule has 0 aliphatic heterocycles.